The fourth-order valence-corrected chi connectivity index (χ4v) is 3.27. The highest BCUT2D eigenvalue weighted by molar-refractivity contribution is 7.15. The molecule has 0 amide bonds. The summed E-state index contributed by atoms with van der Waals surface area (Å²) in [6, 6.07) is 11.1. The van der Waals surface area contributed by atoms with Gasteiger partial charge in [-0.25, -0.2) is 0 Å². The Bertz CT molecular complexity index is 540. The number of benzene rings is 1. The fourth-order valence-electron chi connectivity index (χ4n) is 2.01. The molecule has 1 aromatic heterocycles. The Kier molecular flexibility index (Phi) is 3.88. The molecule has 0 aliphatic carbocycles. The van der Waals surface area contributed by atoms with Gasteiger partial charge in [-0.1, -0.05) is 37.6 Å². The molecule has 1 unspecified atom stereocenters. The third-order valence-electron chi connectivity index (χ3n) is 3.33. The summed E-state index contributed by atoms with van der Waals surface area (Å²) >= 11 is 1.82. The lowest BCUT2D eigenvalue weighted by Crippen LogP contribution is -2.14. The molecule has 0 fully saturated rings. The van der Waals surface area contributed by atoms with Gasteiger partial charge in [0.2, 0.25) is 0 Å². The number of rotatable bonds is 3. The maximum Gasteiger partial charge on any atom is 0.0413 e. The molecule has 0 bridgehead atoms. The Morgan fingerprint density at radius 1 is 1.06 bits per heavy atom. The van der Waals surface area contributed by atoms with Crippen molar-refractivity contribution in [3.8, 4) is 10.4 Å². The molecule has 96 valence electrons. The van der Waals surface area contributed by atoms with E-state index < -0.39 is 0 Å². The van der Waals surface area contributed by atoms with Crippen LogP contribution in [0.15, 0.2) is 30.3 Å². The third kappa shape index (κ3) is 2.65. The average molecular weight is 259 g/mol. The second-order valence-corrected chi connectivity index (χ2v) is 6.41. The number of hydrogen-bond acceptors (Lipinski definition) is 2. The molecule has 2 aromatic rings. The van der Waals surface area contributed by atoms with E-state index >= 15 is 0 Å². The number of thiophene rings is 1. The first kappa shape index (κ1) is 13.3. The van der Waals surface area contributed by atoms with Gasteiger partial charge >= 0.3 is 0 Å². The lowest BCUT2D eigenvalue weighted by molar-refractivity contribution is 0.521. The highest BCUT2D eigenvalue weighted by Gasteiger charge is 2.14. The van der Waals surface area contributed by atoms with Crippen molar-refractivity contribution in [3.05, 3.63) is 46.3 Å². The summed E-state index contributed by atoms with van der Waals surface area (Å²) in [4.78, 5) is 2.60. The van der Waals surface area contributed by atoms with E-state index in [-0.39, 0.29) is 6.04 Å². The van der Waals surface area contributed by atoms with Gasteiger partial charge in [0.25, 0.3) is 0 Å². The molecule has 2 N–H and O–H groups in total. The first-order valence-electron chi connectivity index (χ1n) is 6.42. The van der Waals surface area contributed by atoms with Crippen LogP contribution in [0.5, 0.6) is 0 Å². The zero-order chi connectivity index (χ0) is 13.3. The SMILES string of the molecule is Cc1ccc(C)c(-c2ccc(C(N)C(C)C)s2)c1. The van der Waals surface area contributed by atoms with E-state index in [0.717, 1.165) is 0 Å². The van der Waals surface area contributed by atoms with Crippen LogP contribution in [-0.2, 0) is 0 Å². The predicted octanol–water partition coefficient (Wildman–Crippen LogP) is 4.69. The molecule has 0 saturated carbocycles. The Morgan fingerprint density at radius 3 is 2.44 bits per heavy atom. The van der Waals surface area contributed by atoms with Crippen LogP contribution in [0.25, 0.3) is 10.4 Å². The molecule has 0 saturated heterocycles. The Hall–Kier alpha value is -1.12. The van der Waals surface area contributed by atoms with Crippen LogP contribution in [0.4, 0.5) is 0 Å². The first-order valence-corrected chi connectivity index (χ1v) is 7.23. The minimum Gasteiger partial charge on any atom is -0.323 e. The van der Waals surface area contributed by atoms with Crippen LogP contribution >= 0.6 is 11.3 Å². The molecule has 1 aromatic carbocycles. The van der Waals surface area contributed by atoms with Crippen molar-refractivity contribution >= 4 is 11.3 Å². The van der Waals surface area contributed by atoms with Crippen LogP contribution in [0.3, 0.4) is 0 Å². The largest absolute Gasteiger partial charge is 0.323 e. The average Bonchev–Trinajstić information content (AvgIpc) is 2.80. The van der Waals surface area contributed by atoms with Gasteiger partial charge in [0, 0.05) is 15.8 Å². The van der Waals surface area contributed by atoms with Gasteiger partial charge in [-0.3, -0.25) is 0 Å². The normalized spacial score (nSPS) is 13.0. The Morgan fingerprint density at radius 2 is 1.78 bits per heavy atom. The van der Waals surface area contributed by atoms with E-state index in [4.69, 9.17) is 5.73 Å². The maximum atomic E-state index is 6.21. The van der Waals surface area contributed by atoms with E-state index in [1.807, 2.05) is 11.3 Å². The smallest absolute Gasteiger partial charge is 0.0413 e. The van der Waals surface area contributed by atoms with E-state index in [9.17, 15) is 0 Å². The fraction of sp³-hybridized carbons (Fsp3) is 0.375. The second kappa shape index (κ2) is 5.25. The van der Waals surface area contributed by atoms with Crippen LogP contribution in [-0.4, -0.2) is 0 Å². The van der Waals surface area contributed by atoms with Crippen LogP contribution in [0, 0.1) is 19.8 Å². The summed E-state index contributed by atoms with van der Waals surface area (Å²) < 4.78 is 0. The van der Waals surface area contributed by atoms with Crippen molar-refractivity contribution in [1.82, 2.24) is 0 Å². The summed E-state index contributed by atoms with van der Waals surface area (Å²) in [5.74, 6) is 0.482. The van der Waals surface area contributed by atoms with Crippen molar-refractivity contribution in [1.29, 1.82) is 0 Å². The lowest BCUT2D eigenvalue weighted by Gasteiger charge is -2.13. The van der Waals surface area contributed by atoms with Crippen LogP contribution in [0.2, 0.25) is 0 Å². The van der Waals surface area contributed by atoms with Gasteiger partial charge in [0.1, 0.15) is 0 Å². The molecule has 0 spiro atoms. The van der Waals surface area contributed by atoms with E-state index in [2.05, 4.69) is 58.0 Å². The van der Waals surface area contributed by atoms with E-state index in [0.29, 0.717) is 5.92 Å². The summed E-state index contributed by atoms with van der Waals surface area (Å²) in [6.07, 6.45) is 0. The van der Waals surface area contributed by atoms with Crippen molar-refractivity contribution in [2.45, 2.75) is 33.7 Å². The zero-order valence-corrected chi connectivity index (χ0v) is 12.3. The topological polar surface area (TPSA) is 26.0 Å². The van der Waals surface area contributed by atoms with Crippen molar-refractivity contribution in [2.75, 3.05) is 0 Å². The zero-order valence-electron chi connectivity index (χ0n) is 11.5. The maximum absolute atomic E-state index is 6.21. The minimum atomic E-state index is 0.147. The molecular formula is C16H21NS. The highest BCUT2D eigenvalue weighted by atomic mass is 32.1. The lowest BCUT2D eigenvalue weighted by atomic mass is 10.0. The van der Waals surface area contributed by atoms with E-state index in [1.165, 1.54) is 26.4 Å². The molecule has 2 rings (SSSR count). The molecule has 0 radical (unpaired) electrons. The van der Waals surface area contributed by atoms with E-state index in [1.54, 1.807) is 0 Å². The summed E-state index contributed by atoms with van der Waals surface area (Å²) in [5.41, 5.74) is 10.2. The minimum absolute atomic E-state index is 0.147. The molecule has 0 aliphatic rings. The highest BCUT2D eigenvalue weighted by Crippen LogP contribution is 2.34. The summed E-state index contributed by atoms with van der Waals surface area (Å²) in [5, 5.41) is 0. The molecular weight excluding hydrogens is 238 g/mol. The monoisotopic (exact) mass is 259 g/mol. The summed E-state index contributed by atoms with van der Waals surface area (Å²) in [7, 11) is 0. The van der Waals surface area contributed by atoms with Crippen molar-refractivity contribution < 1.29 is 0 Å². The molecule has 1 heterocycles. The van der Waals surface area contributed by atoms with Gasteiger partial charge in [-0.15, -0.1) is 11.3 Å². The Balaban J connectivity index is 2.38. The summed E-state index contributed by atoms with van der Waals surface area (Å²) in [6.45, 7) is 8.64. The van der Waals surface area contributed by atoms with Crippen molar-refractivity contribution in [2.24, 2.45) is 11.7 Å². The van der Waals surface area contributed by atoms with Gasteiger partial charge in [0.05, 0.1) is 0 Å². The van der Waals surface area contributed by atoms with Gasteiger partial charge < -0.3 is 5.73 Å². The van der Waals surface area contributed by atoms with Gasteiger partial charge in [-0.2, -0.15) is 0 Å². The van der Waals surface area contributed by atoms with Crippen molar-refractivity contribution in [3.63, 3.8) is 0 Å². The third-order valence-corrected chi connectivity index (χ3v) is 4.55. The molecule has 2 heteroatoms. The van der Waals surface area contributed by atoms with Gasteiger partial charge in [-0.05, 0) is 43.0 Å². The van der Waals surface area contributed by atoms with Gasteiger partial charge in [0.15, 0.2) is 0 Å². The molecule has 18 heavy (non-hydrogen) atoms. The van der Waals surface area contributed by atoms with Crippen LogP contribution in [0.1, 0.15) is 35.9 Å². The van der Waals surface area contributed by atoms with Crippen LogP contribution < -0.4 is 5.73 Å². The predicted molar refractivity (Wildman–Crippen MR) is 81.0 cm³/mol. The second-order valence-electron chi connectivity index (χ2n) is 5.29. The molecule has 1 nitrogen and oxygen atoms in total. The molecule has 1 atom stereocenters. The number of aryl methyl sites for hydroxylation is 2. The first-order chi connectivity index (χ1) is 8.49. The number of hydrogen-bond donors (Lipinski definition) is 1. The Labute approximate surface area is 114 Å². The quantitative estimate of drug-likeness (QED) is 0.850. The number of nitrogens with two attached hydrogens (primary N) is 1. The standard InChI is InChI=1S/C16H21NS/c1-10(2)16(17)15-8-7-14(18-15)13-9-11(3)5-6-12(13)4/h5-10,16H,17H2,1-4H3. The molecule has 0 aliphatic heterocycles.